The van der Waals surface area contributed by atoms with Crippen LogP contribution in [0, 0.1) is 6.92 Å². The molecule has 112 valence electrons. The normalized spacial score (nSPS) is 10.6. The van der Waals surface area contributed by atoms with E-state index in [1.807, 2.05) is 19.4 Å². The second-order valence-electron chi connectivity index (χ2n) is 4.91. The van der Waals surface area contributed by atoms with Gasteiger partial charge in [0.25, 0.3) is 5.91 Å². The van der Waals surface area contributed by atoms with Crippen LogP contribution < -0.4 is 5.56 Å². The van der Waals surface area contributed by atoms with Gasteiger partial charge in [-0.15, -0.1) is 11.3 Å². The fraction of sp³-hybridized carbons (Fsp3) is 0.400. The first-order chi connectivity index (χ1) is 10.0. The lowest BCUT2D eigenvalue weighted by Crippen LogP contribution is -2.30. The Morgan fingerprint density at radius 2 is 2.19 bits per heavy atom. The number of carbonyl (C=O) groups is 1. The lowest BCUT2D eigenvalue weighted by Gasteiger charge is -2.18. The monoisotopic (exact) mass is 305 g/mol. The van der Waals surface area contributed by atoms with E-state index in [1.54, 1.807) is 29.4 Å². The average Bonchev–Trinajstić information content (AvgIpc) is 2.89. The molecule has 0 atom stereocenters. The Morgan fingerprint density at radius 3 is 2.81 bits per heavy atom. The van der Waals surface area contributed by atoms with Crippen molar-refractivity contribution >= 4 is 17.2 Å². The zero-order valence-corrected chi connectivity index (χ0v) is 13.3. The second kappa shape index (κ2) is 6.67. The summed E-state index contributed by atoms with van der Waals surface area (Å²) < 4.78 is 0. The number of hydrogen-bond acceptors (Lipinski definition) is 4. The lowest BCUT2D eigenvalue weighted by atomic mass is 10.1. The molecule has 6 heteroatoms. The average molecular weight is 305 g/mol. The van der Waals surface area contributed by atoms with Gasteiger partial charge in [0.1, 0.15) is 0 Å². The number of aryl methyl sites for hydroxylation is 2. The van der Waals surface area contributed by atoms with Crippen molar-refractivity contribution in [2.75, 3.05) is 13.6 Å². The summed E-state index contributed by atoms with van der Waals surface area (Å²) in [5.41, 5.74) is 3.93. The summed E-state index contributed by atoms with van der Waals surface area (Å²) in [6, 6.07) is 3.00. The Morgan fingerprint density at radius 1 is 1.43 bits per heavy atom. The van der Waals surface area contributed by atoms with Gasteiger partial charge in [-0.25, -0.2) is 4.98 Å². The van der Waals surface area contributed by atoms with Crippen LogP contribution in [0.4, 0.5) is 0 Å². The van der Waals surface area contributed by atoms with E-state index in [0.717, 1.165) is 12.1 Å². The molecule has 0 saturated heterocycles. The summed E-state index contributed by atoms with van der Waals surface area (Å²) in [6.07, 6.45) is 1.42. The van der Waals surface area contributed by atoms with E-state index in [0.29, 0.717) is 24.2 Å². The van der Waals surface area contributed by atoms with Crippen LogP contribution in [0.15, 0.2) is 22.4 Å². The summed E-state index contributed by atoms with van der Waals surface area (Å²) >= 11 is 1.61. The van der Waals surface area contributed by atoms with Crippen LogP contribution in [0.2, 0.25) is 0 Å². The molecule has 0 saturated carbocycles. The molecule has 2 aromatic rings. The van der Waals surface area contributed by atoms with Gasteiger partial charge in [0.2, 0.25) is 5.56 Å². The van der Waals surface area contributed by atoms with Gasteiger partial charge in [-0.2, -0.15) is 0 Å². The number of thiazole rings is 1. The van der Waals surface area contributed by atoms with Crippen LogP contribution in [0.1, 0.15) is 33.5 Å². The highest BCUT2D eigenvalue weighted by Crippen LogP contribution is 2.14. The molecule has 0 aliphatic rings. The maximum Gasteiger partial charge on any atom is 0.255 e. The predicted molar refractivity (Wildman–Crippen MR) is 84.0 cm³/mol. The van der Waals surface area contributed by atoms with Crippen molar-refractivity contribution in [1.82, 2.24) is 14.9 Å². The fourth-order valence-corrected chi connectivity index (χ4v) is 2.91. The number of pyridine rings is 1. The van der Waals surface area contributed by atoms with E-state index in [4.69, 9.17) is 0 Å². The van der Waals surface area contributed by atoms with Crippen molar-refractivity contribution in [2.45, 2.75) is 26.7 Å². The number of likely N-dealkylation sites (N-methyl/N-ethyl adjacent to an activating group) is 1. The number of carbonyl (C=O) groups excluding carboxylic acids is 1. The Balaban J connectivity index is 2.09. The van der Waals surface area contributed by atoms with Crippen molar-refractivity contribution in [3.8, 4) is 0 Å². The molecule has 1 N–H and O–H groups in total. The molecule has 2 aromatic heterocycles. The number of aromatic nitrogens is 2. The molecular formula is C15H19N3O2S. The predicted octanol–water partition coefficient (Wildman–Crippen LogP) is 2.02. The van der Waals surface area contributed by atoms with E-state index in [2.05, 4.69) is 9.97 Å². The molecule has 1 amide bonds. The largest absolute Gasteiger partial charge is 0.341 e. The number of nitrogens with zero attached hydrogens (tertiary/aromatic N) is 2. The molecule has 0 aliphatic carbocycles. The number of H-pyrrole nitrogens is 1. The fourth-order valence-electron chi connectivity index (χ4n) is 2.14. The van der Waals surface area contributed by atoms with Crippen LogP contribution in [-0.2, 0) is 12.8 Å². The number of aromatic amines is 1. The molecule has 0 spiro atoms. The number of amides is 1. The van der Waals surface area contributed by atoms with Crippen molar-refractivity contribution in [3.63, 3.8) is 0 Å². The zero-order valence-electron chi connectivity index (χ0n) is 12.5. The highest BCUT2D eigenvalue weighted by atomic mass is 32.1. The molecule has 2 rings (SSSR count). The summed E-state index contributed by atoms with van der Waals surface area (Å²) in [5.74, 6) is -0.0646. The molecule has 0 fully saturated rings. The van der Waals surface area contributed by atoms with Crippen molar-refractivity contribution in [3.05, 3.63) is 49.8 Å². The minimum absolute atomic E-state index is 0.0646. The van der Waals surface area contributed by atoms with Crippen LogP contribution in [0.5, 0.6) is 0 Å². The molecule has 0 unspecified atom stereocenters. The first kappa shape index (κ1) is 15.4. The summed E-state index contributed by atoms with van der Waals surface area (Å²) in [6.45, 7) is 4.53. The number of rotatable bonds is 5. The second-order valence-corrected chi connectivity index (χ2v) is 5.85. The van der Waals surface area contributed by atoms with Crippen molar-refractivity contribution in [1.29, 1.82) is 0 Å². The van der Waals surface area contributed by atoms with Gasteiger partial charge in [0, 0.05) is 36.7 Å². The van der Waals surface area contributed by atoms with E-state index in [-0.39, 0.29) is 11.5 Å². The number of nitrogens with one attached hydrogen (secondary N) is 1. The van der Waals surface area contributed by atoms with Gasteiger partial charge < -0.3 is 9.88 Å². The van der Waals surface area contributed by atoms with Gasteiger partial charge >= 0.3 is 0 Å². The third-order valence-electron chi connectivity index (χ3n) is 3.45. The molecular weight excluding hydrogens is 286 g/mol. The van der Waals surface area contributed by atoms with Crippen LogP contribution in [0.25, 0.3) is 0 Å². The summed E-state index contributed by atoms with van der Waals surface area (Å²) in [4.78, 5) is 33.6. The smallest absolute Gasteiger partial charge is 0.255 e. The lowest BCUT2D eigenvalue weighted by molar-refractivity contribution is 0.0795. The van der Waals surface area contributed by atoms with E-state index in [1.165, 1.54) is 10.9 Å². The maximum atomic E-state index is 12.5. The van der Waals surface area contributed by atoms with Crippen LogP contribution in [-0.4, -0.2) is 34.4 Å². The zero-order chi connectivity index (χ0) is 15.4. The van der Waals surface area contributed by atoms with E-state index in [9.17, 15) is 9.59 Å². The van der Waals surface area contributed by atoms with Gasteiger partial charge in [-0.3, -0.25) is 9.59 Å². The molecule has 0 radical (unpaired) electrons. The Bertz CT molecular complexity index is 690. The highest BCUT2D eigenvalue weighted by Gasteiger charge is 2.16. The Kier molecular flexibility index (Phi) is 4.90. The van der Waals surface area contributed by atoms with Gasteiger partial charge in [0.05, 0.1) is 16.8 Å². The van der Waals surface area contributed by atoms with Crippen molar-refractivity contribution < 1.29 is 4.79 Å². The van der Waals surface area contributed by atoms with E-state index >= 15 is 0 Å². The molecule has 0 bridgehead atoms. The third kappa shape index (κ3) is 3.58. The van der Waals surface area contributed by atoms with Crippen molar-refractivity contribution in [2.24, 2.45) is 0 Å². The molecule has 21 heavy (non-hydrogen) atoms. The van der Waals surface area contributed by atoms with Gasteiger partial charge in [-0.05, 0) is 19.4 Å². The topological polar surface area (TPSA) is 66.1 Å². The van der Waals surface area contributed by atoms with Gasteiger partial charge in [-0.1, -0.05) is 6.92 Å². The SMILES string of the molecule is CCc1[nH]c(=O)ccc1C(=O)N(C)CCc1scnc1C. The summed E-state index contributed by atoms with van der Waals surface area (Å²) in [5, 5.41) is 0. The molecule has 0 aliphatic heterocycles. The standard InChI is InChI=1S/C15H19N3O2S/c1-4-12-11(5-6-14(19)17-12)15(20)18(3)8-7-13-10(2)16-9-21-13/h5-6,9H,4,7-8H2,1-3H3,(H,17,19). The molecule has 0 aromatic carbocycles. The molecule has 5 nitrogen and oxygen atoms in total. The van der Waals surface area contributed by atoms with Crippen LogP contribution in [0.3, 0.4) is 0 Å². The Hall–Kier alpha value is -1.95. The van der Waals surface area contributed by atoms with Gasteiger partial charge in [0.15, 0.2) is 0 Å². The minimum atomic E-state index is -0.175. The summed E-state index contributed by atoms with van der Waals surface area (Å²) in [7, 11) is 1.78. The first-order valence-corrected chi connectivity index (χ1v) is 7.77. The third-order valence-corrected chi connectivity index (χ3v) is 4.45. The maximum absolute atomic E-state index is 12.5. The van der Waals surface area contributed by atoms with E-state index < -0.39 is 0 Å². The van der Waals surface area contributed by atoms with Crippen LogP contribution >= 0.6 is 11.3 Å². The Labute approximate surface area is 127 Å². The minimum Gasteiger partial charge on any atom is -0.341 e. The quantitative estimate of drug-likeness (QED) is 0.919. The number of hydrogen-bond donors (Lipinski definition) is 1. The highest BCUT2D eigenvalue weighted by molar-refractivity contribution is 7.09. The molecule has 2 heterocycles. The first-order valence-electron chi connectivity index (χ1n) is 6.89.